The molecule has 2 rings (SSSR count). The monoisotopic (exact) mass is 225 g/mol. The average Bonchev–Trinajstić information content (AvgIpc) is 2.14. The fraction of sp³-hybridized carbons (Fsp3) is 0.600. The lowest BCUT2D eigenvalue weighted by atomic mass is 10.2. The molecule has 16 heavy (non-hydrogen) atoms. The number of nitrogens with zero attached hydrogens (tertiary/aromatic N) is 1. The van der Waals surface area contributed by atoms with Crippen molar-refractivity contribution in [2.45, 2.75) is 26.1 Å². The lowest BCUT2D eigenvalue weighted by Gasteiger charge is -2.36. The second-order valence-electron chi connectivity index (χ2n) is 4.14. The minimum Gasteiger partial charge on any atom is -0.372 e. The van der Waals surface area contributed by atoms with Gasteiger partial charge in [-0.1, -0.05) is 0 Å². The van der Waals surface area contributed by atoms with Crippen molar-refractivity contribution < 1.29 is 4.74 Å². The van der Waals surface area contributed by atoms with Crippen molar-refractivity contribution in [3.05, 3.63) is 26.9 Å². The molecule has 1 aliphatic rings. The number of ether oxygens (including phenoxy) is 1. The molecule has 0 unspecified atom stereocenters. The summed E-state index contributed by atoms with van der Waals surface area (Å²) in [5, 5.41) is 0. The van der Waals surface area contributed by atoms with Crippen molar-refractivity contribution in [2.24, 2.45) is 0 Å². The summed E-state index contributed by atoms with van der Waals surface area (Å²) in [7, 11) is 0. The highest BCUT2D eigenvalue weighted by Gasteiger charge is 2.23. The van der Waals surface area contributed by atoms with Gasteiger partial charge in [0, 0.05) is 19.2 Å². The third-order valence-electron chi connectivity index (χ3n) is 2.51. The zero-order valence-electron chi connectivity index (χ0n) is 9.32. The van der Waals surface area contributed by atoms with Crippen molar-refractivity contribution in [1.82, 2.24) is 9.97 Å². The van der Waals surface area contributed by atoms with Crippen molar-refractivity contribution in [3.8, 4) is 0 Å². The molecule has 1 aromatic heterocycles. The van der Waals surface area contributed by atoms with Gasteiger partial charge in [0.1, 0.15) is 5.82 Å². The van der Waals surface area contributed by atoms with Gasteiger partial charge < -0.3 is 9.64 Å². The maximum atomic E-state index is 11.2. The topological polar surface area (TPSA) is 78.2 Å². The van der Waals surface area contributed by atoms with Gasteiger partial charge in [-0.2, -0.15) is 0 Å². The first-order chi connectivity index (χ1) is 7.54. The smallest absolute Gasteiger partial charge is 0.327 e. The first-order valence-corrected chi connectivity index (χ1v) is 5.28. The van der Waals surface area contributed by atoms with Gasteiger partial charge in [-0.15, -0.1) is 0 Å². The minimum atomic E-state index is -0.478. The summed E-state index contributed by atoms with van der Waals surface area (Å²) < 4.78 is 5.58. The lowest BCUT2D eigenvalue weighted by Crippen LogP contribution is -2.46. The summed E-state index contributed by atoms with van der Waals surface area (Å²) in [5.74, 6) is 0.552. The number of morpholine rings is 1. The fourth-order valence-corrected chi connectivity index (χ4v) is 2.00. The second kappa shape index (κ2) is 4.13. The first kappa shape index (κ1) is 10.9. The molecule has 0 aliphatic carbocycles. The Labute approximate surface area is 92.3 Å². The van der Waals surface area contributed by atoms with Crippen molar-refractivity contribution in [1.29, 1.82) is 0 Å². The summed E-state index contributed by atoms with van der Waals surface area (Å²) in [4.78, 5) is 29.1. The van der Waals surface area contributed by atoms with Crippen LogP contribution in [0, 0.1) is 0 Å². The van der Waals surface area contributed by atoms with Gasteiger partial charge in [-0.3, -0.25) is 14.8 Å². The number of aromatic nitrogens is 2. The second-order valence-corrected chi connectivity index (χ2v) is 4.14. The molecule has 0 bridgehead atoms. The van der Waals surface area contributed by atoms with Crippen LogP contribution in [0.4, 0.5) is 5.82 Å². The van der Waals surface area contributed by atoms with Crippen LogP contribution >= 0.6 is 0 Å². The molecule has 2 heterocycles. The summed E-state index contributed by atoms with van der Waals surface area (Å²) in [6.45, 7) is 5.27. The van der Waals surface area contributed by atoms with E-state index in [4.69, 9.17) is 4.74 Å². The lowest BCUT2D eigenvalue weighted by molar-refractivity contribution is -0.00548. The van der Waals surface area contributed by atoms with E-state index in [1.54, 1.807) is 0 Å². The third-order valence-corrected chi connectivity index (χ3v) is 2.51. The summed E-state index contributed by atoms with van der Waals surface area (Å²) in [5.41, 5.74) is -0.861. The molecule has 6 nitrogen and oxygen atoms in total. The Kier molecular flexibility index (Phi) is 2.82. The molecular weight excluding hydrogens is 210 g/mol. The number of anilines is 1. The number of rotatable bonds is 1. The Balaban J connectivity index is 2.29. The van der Waals surface area contributed by atoms with E-state index in [1.165, 1.54) is 6.07 Å². The van der Waals surface area contributed by atoms with Crippen LogP contribution in [0.15, 0.2) is 15.7 Å². The minimum absolute atomic E-state index is 0.0894. The van der Waals surface area contributed by atoms with E-state index in [2.05, 4.69) is 9.97 Å². The van der Waals surface area contributed by atoms with E-state index in [0.717, 1.165) is 0 Å². The molecule has 6 heteroatoms. The van der Waals surface area contributed by atoms with E-state index in [1.807, 2.05) is 18.7 Å². The quantitative estimate of drug-likeness (QED) is 0.686. The largest absolute Gasteiger partial charge is 0.372 e. The maximum Gasteiger partial charge on any atom is 0.327 e. The van der Waals surface area contributed by atoms with Crippen LogP contribution in [-0.2, 0) is 4.74 Å². The predicted octanol–water partition coefficient (Wildman–Crippen LogP) is -0.323. The molecule has 0 aromatic carbocycles. The van der Waals surface area contributed by atoms with E-state index in [0.29, 0.717) is 18.9 Å². The SMILES string of the molecule is C[C@@H]1CN(c2cc(=O)[nH]c(=O)[nH]2)C[C@H](C)O1. The van der Waals surface area contributed by atoms with Crippen LogP contribution < -0.4 is 16.1 Å². The maximum absolute atomic E-state index is 11.2. The van der Waals surface area contributed by atoms with Crippen LogP contribution in [0.1, 0.15) is 13.8 Å². The molecule has 0 saturated carbocycles. The Morgan fingerprint density at radius 1 is 1.25 bits per heavy atom. The summed E-state index contributed by atoms with van der Waals surface area (Å²) in [6, 6.07) is 1.40. The first-order valence-electron chi connectivity index (χ1n) is 5.28. The van der Waals surface area contributed by atoms with Gasteiger partial charge in [0.05, 0.1) is 12.2 Å². The number of nitrogens with one attached hydrogen (secondary N) is 2. The molecule has 1 aromatic rings. The van der Waals surface area contributed by atoms with Crippen LogP contribution in [0.5, 0.6) is 0 Å². The number of aromatic amines is 2. The Morgan fingerprint density at radius 2 is 1.88 bits per heavy atom. The summed E-state index contributed by atoms with van der Waals surface area (Å²) >= 11 is 0. The molecule has 1 saturated heterocycles. The van der Waals surface area contributed by atoms with E-state index in [9.17, 15) is 9.59 Å². The Morgan fingerprint density at radius 3 is 2.44 bits per heavy atom. The predicted molar refractivity (Wildman–Crippen MR) is 59.9 cm³/mol. The van der Waals surface area contributed by atoms with Gasteiger partial charge in [-0.05, 0) is 13.8 Å². The molecule has 0 spiro atoms. The average molecular weight is 225 g/mol. The molecule has 2 atom stereocenters. The van der Waals surface area contributed by atoms with Gasteiger partial charge in [0.25, 0.3) is 5.56 Å². The zero-order chi connectivity index (χ0) is 11.7. The molecule has 1 aliphatic heterocycles. The third kappa shape index (κ3) is 2.33. The normalized spacial score (nSPS) is 25.8. The molecule has 0 amide bonds. The van der Waals surface area contributed by atoms with Crippen molar-refractivity contribution >= 4 is 5.82 Å². The standard InChI is InChI=1S/C10H15N3O3/c1-6-4-13(5-7(2)16-6)8-3-9(14)12-10(15)11-8/h3,6-7H,4-5H2,1-2H3,(H2,11,12,14,15)/t6-,7+. The molecule has 0 radical (unpaired) electrons. The highest BCUT2D eigenvalue weighted by Crippen LogP contribution is 2.15. The van der Waals surface area contributed by atoms with E-state index in [-0.39, 0.29) is 17.8 Å². The molecule has 2 N–H and O–H groups in total. The Hall–Kier alpha value is -1.56. The summed E-state index contributed by atoms with van der Waals surface area (Å²) in [6.07, 6.45) is 0.179. The van der Waals surface area contributed by atoms with Crippen LogP contribution in [0.25, 0.3) is 0 Å². The van der Waals surface area contributed by atoms with Crippen molar-refractivity contribution in [2.75, 3.05) is 18.0 Å². The van der Waals surface area contributed by atoms with Crippen molar-refractivity contribution in [3.63, 3.8) is 0 Å². The number of hydrogen-bond acceptors (Lipinski definition) is 4. The molecule has 1 fully saturated rings. The number of hydrogen-bond donors (Lipinski definition) is 2. The highest BCUT2D eigenvalue weighted by atomic mass is 16.5. The highest BCUT2D eigenvalue weighted by molar-refractivity contribution is 5.37. The fourth-order valence-electron chi connectivity index (χ4n) is 2.00. The van der Waals surface area contributed by atoms with E-state index < -0.39 is 5.69 Å². The van der Waals surface area contributed by atoms with Crippen LogP contribution in [0.2, 0.25) is 0 Å². The van der Waals surface area contributed by atoms with Gasteiger partial charge in [-0.25, -0.2) is 4.79 Å². The molecular formula is C10H15N3O3. The van der Waals surface area contributed by atoms with Crippen LogP contribution in [-0.4, -0.2) is 35.3 Å². The van der Waals surface area contributed by atoms with Crippen LogP contribution in [0.3, 0.4) is 0 Å². The van der Waals surface area contributed by atoms with Gasteiger partial charge >= 0.3 is 5.69 Å². The van der Waals surface area contributed by atoms with Gasteiger partial charge in [0.15, 0.2) is 0 Å². The van der Waals surface area contributed by atoms with Gasteiger partial charge in [0.2, 0.25) is 0 Å². The number of H-pyrrole nitrogens is 2. The zero-order valence-corrected chi connectivity index (χ0v) is 9.32. The molecule has 88 valence electrons. The Bertz CT molecular complexity index is 440. The van der Waals surface area contributed by atoms with E-state index >= 15 is 0 Å².